The zero-order chi connectivity index (χ0) is 16.3. The molecule has 0 spiro atoms. The van der Waals surface area contributed by atoms with Crippen LogP contribution in [0.4, 0.5) is 0 Å². The number of unbranched alkanes of at least 4 members (excludes halogenated alkanes) is 12. The maximum absolute atomic E-state index is 5.15. The molecule has 0 aliphatic rings. The van der Waals surface area contributed by atoms with Gasteiger partial charge in [0.2, 0.25) is 4.38 Å². The van der Waals surface area contributed by atoms with Crippen LogP contribution in [-0.4, -0.2) is 62.4 Å². The molecule has 0 aromatic carbocycles. The Kier molecular flexibility index (Phi) is 27.6. The van der Waals surface area contributed by atoms with Crippen LogP contribution in [0.15, 0.2) is 12.2 Å². The zero-order valence-electron chi connectivity index (χ0n) is 14.5. The normalized spacial score (nSPS) is 10.7. The summed E-state index contributed by atoms with van der Waals surface area (Å²) in [6.07, 6.45) is 23.4. The van der Waals surface area contributed by atoms with E-state index in [9.17, 15) is 0 Å². The summed E-state index contributed by atoms with van der Waals surface area (Å²) in [7, 11) is 0. The van der Waals surface area contributed by atoms with E-state index >= 15 is 0 Å². The van der Waals surface area contributed by atoms with Crippen LogP contribution in [0.25, 0.3) is 0 Å². The van der Waals surface area contributed by atoms with E-state index < -0.39 is 0 Å². The standard InChI is InChI=1S/C19H36OS2.K.H/c1-2-3-4-5-6-7-8-9-10-11-12-13-14-15-16-17-18-20-19(21)22;;/h9-10H,2-8,11-18H2,1H3,(H,21,22);;/b10-9-;;. The van der Waals surface area contributed by atoms with Crippen molar-refractivity contribution in [2.24, 2.45) is 0 Å². The first-order chi connectivity index (χ1) is 10.8. The monoisotopic (exact) mass is 384 g/mol. The Balaban J connectivity index is 0. The molecule has 0 saturated carbocycles. The summed E-state index contributed by atoms with van der Waals surface area (Å²) in [5.74, 6) is 0. The Morgan fingerprint density at radius 3 is 1.70 bits per heavy atom. The molecule has 0 N–H and O–H groups in total. The summed E-state index contributed by atoms with van der Waals surface area (Å²) in [5, 5.41) is 0. The molecule has 0 bridgehead atoms. The first kappa shape index (κ1) is 26.8. The Labute approximate surface area is 198 Å². The van der Waals surface area contributed by atoms with Crippen molar-refractivity contribution in [2.75, 3.05) is 6.61 Å². The molecule has 0 heterocycles. The summed E-state index contributed by atoms with van der Waals surface area (Å²) in [4.78, 5) is 0. The van der Waals surface area contributed by atoms with E-state index in [4.69, 9.17) is 17.0 Å². The predicted molar refractivity (Wildman–Crippen MR) is 114 cm³/mol. The van der Waals surface area contributed by atoms with E-state index in [-0.39, 0.29) is 51.4 Å². The van der Waals surface area contributed by atoms with Crippen LogP contribution in [0.1, 0.15) is 96.8 Å². The van der Waals surface area contributed by atoms with Crippen molar-refractivity contribution in [3.8, 4) is 0 Å². The predicted octanol–water partition coefficient (Wildman–Crippen LogP) is 6.61. The van der Waals surface area contributed by atoms with Gasteiger partial charge in [-0.2, -0.15) is 0 Å². The molecule has 0 amide bonds. The van der Waals surface area contributed by atoms with Crippen LogP contribution >= 0.6 is 24.8 Å². The van der Waals surface area contributed by atoms with Crippen molar-refractivity contribution in [3.05, 3.63) is 12.2 Å². The van der Waals surface area contributed by atoms with E-state index in [0.29, 0.717) is 4.38 Å². The van der Waals surface area contributed by atoms with Gasteiger partial charge in [0, 0.05) is 0 Å². The van der Waals surface area contributed by atoms with E-state index in [2.05, 4.69) is 31.7 Å². The average Bonchev–Trinajstić information content (AvgIpc) is 2.50. The molecule has 0 aromatic rings. The summed E-state index contributed by atoms with van der Waals surface area (Å²) in [6, 6.07) is 0. The van der Waals surface area contributed by atoms with Gasteiger partial charge < -0.3 is 4.74 Å². The van der Waals surface area contributed by atoms with Gasteiger partial charge in [-0.3, -0.25) is 0 Å². The third-order valence-electron chi connectivity index (χ3n) is 3.88. The molecule has 0 aliphatic heterocycles. The number of rotatable bonds is 16. The van der Waals surface area contributed by atoms with Crippen LogP contribution in [-0.2, 0) is 4.74 Å². The average molecular weight is 385 g/mol. The molecular weight excluding hydrogens is 347 g/mol. The van der Waals surface area contributed by atoms with Gasteiger partial charge in [0.05, 0.1) is 6.61 Å². The van der Waals surface area contributed by atoms with Crippen molar-refractivity contribution in [1.82, 2.24) is 0 Å². The van der Waals surface area contributed by atoms with E-state index in [0.717, 1.165) is 13.0 Å². The van der Waals surface area contributed by atoms with E-state index in [1.807, 2.05) is 0 Å². The van der Waals surface area contributed by atoms with Gasteiger partial charge >= 0.3 is 51.4 Å². The van der Waals surface area contributed by atoms with Gasteiger partial charge in [-0.1, -0.05) is 89.5 Å². The molecule has 0 unspecified atom stereocenters. The third-order valence-corrected chi connectivity index (χ3v) is 4.13. The van der Waals surface area contributed by atoms with Gasteiger partial charge in [-0.15, -0.1) is 0 Å². The summed E-state index contributed by atoms with van der Waals surface area (Å²) < 4.78 is 5.52. The minimum absolute atomic E-state index is 0. The molecule has 0 aromatic heterocycles. The van der Waals surface area contributed by atoms with Gasteiger partial charge in [-0.25, -0.2) is 0 Å². The van der Waals surface area contributed by atoms with Crippen LogP contribution in [0.3, 0.4) is 0 Å². The molecule has 4 heteroatoms. The zero-order valence-corrected chi connectivity index (χ0v) is 16.2. The molecule has 1 nitrogen and oxygen atoms in total. The Hall–Kier alpha value is 1.62. The SMILES string of the molecule is CCCCCCCC/C=C\CCCCCCCCOC(=S)S.[KH]. The Bertz CT molecular complexity index is 270. The van der Waals surface area contributed by atoms with E-state index in [1.54, 1.807) is 0 Å². The van der Waals surface area contributed by atoms with E-state index in [1.165, 1.54) is 83.5 Å². The van der Waals surface area contributed by atoms with Crippen LogP contribution < -0.4 is 0 Å². The van der Waals surface area contributed by atoms with Crippen LogP contribution in [0.2, 0.25) is 0 Å². The quantitative estimate of drug-likeness (QED) is 0.105. The van der Waals surface area contributed by atoms with Crippen molar-refractivity contribution >= 4 is 80.6 Å². The molecule has 0 rings (SSSR count). The number of thiol groups is 1. The van der Waals surface area contributed by atoms with Gasteiger partial charge in [0.25, 0.3) is 0 Å². The molecule has 132 valence electrons. The van der Waals surface area contributed by atoms with Gasteiger partial charge in [0.1, 0.15) is 0 Å². The van der Waals surface area contributed by atoms with Crippen LogP contribution in [0, 0.1) is 0 Å². The number of allylic oxidation sites excluding steroid dienone is 2. The minimum atomic E-state index is 0. The van der Waals surface area contributed by atoms with Gasteiger partial charge in [0.15, 0.2) is 0 Å². The second kappa shape index (κ2) is 23.6. The maximum atomic E-state index is 5.15. The molecular formula is C19H37KOS2. The number of ether oxygens (including phenoxy) is 1. The summed E-state index contributed by atoms with van der Waals surface area (Å²) in [5.41, 5.74) is 0. The topological polar surface area (TPSA) is 9.23 Å². The summed E-state index contributed by atoms with van der Waals surface area (Å²) >= 11 is 8.67. The van der Waals surface area contributed by atoms with Crippen molar-refractivity contribution in [2.45, 2.75) is 96.8 Å². The van der Waals surface area contributed by atoms with Crippen molar-refractivity contribution < 1.29 is 4.74 Å². The van der Waals surface area contributed by atoms with Crippen LogP contribution in [0.5, 0.6) is 0 Å². The van der Waals surface area contributed by atoms with Crippen molar-refractivity contribution in [3.63, 3.8) is 0 Å². The number of hydrogen-bond acceptors (Lipinski definition) is 2. The fourth-order valence-corrected chi connectivity index (χ4v) is 2.68. The Morgan fingerprint density at radius 1 is 0.783 bits per heavy atom. The number of thiocarbonyl (C=S) groups is 1. The van der Waals surface area contributed by atoms with Crippen molar-refractivity contribution in [1.29, 1.82) is 0 Å². The first-order valence-electron chi connectivity index (χ1n) is 9.28. The summed E-state index contributed by atoms with van der Waals surface area (Å²) in [6.45, 7) is 3.00. The first-order valence-corrected chi connectivity index (χ1v) is 10.1. The molecule has 0 radical (unpaired) electrons. The van der Waals surface area contributed by atoms with Gasteiger partial charge in [-0.05, 0) is 44.3 Å². The molecule has 23 heavy (non-hydrogen) atoms. The second-order valence-corrected chi connectivity index (χ2v) is 7.13. The molecule has 0 fully saturated rings. The molecule has 0 aliphatic carbocycles. The fourth-order valence-electron chi connectivity index (χ4n) is 2.51. The molecule has 0 atom stereocenters. The Morgan fingerprint density at radius 2 is 1.22 bits per heavy atom. The third kappa shape index (κ3) is 26.0. The fraction of sp³-hybridized carbons (Fsp3) is 0.842. The second-order valence-electron chi connectivity index (χ2n) is 6.05. The molecule has 0 saturated heterocycles. The number of hydrogen-bond donors (Lipinski definition) is 1.